The highest BCUT2D eigenvalue weighted by Gasteiger charge is 2.22. The fourth-order valence-electron chi connectivity index (χ4n) is 1.88. The molecule has 1 aromatic carbocycles. The van der Waals surface area contributed by atoms with Crippen molar-refractivity contribution < 1.29 is 9.53 Å². The van der Waals surface area contributed by atoms with Gasteiger partial charge in [-0.05, 0) is 12.1 Å². The average Bonchev–Trinajstić information content (AvgIpc) is 2.83. The predicted molar refractivity (Wildman–Crippen MR) is 71.0 cm³/mol. The average molecular weight is 266 g/mol. The number of nitrogens with two attached hydrogens (primary N) is 1. The standard InChI is InChI=1S/C14H10N4O2/c1-20-14(19)13-12(17)10(7-16)8-18(13)11-5-3-2-4-9(11)6-15/h2-5,8H,17H2,1H3. The number of aromatic nitrogens is 1. The molecule has 0 amide bonds. The number of hydrogen-bond acceptors (Lipinski definition) is 5. The molecule has 20 heavy (non-hydrogen) atoms. The second kappa shape index (κ2) is 5.17. The normalized spacial score (nSPS) is 9.55. The van der Waals surface area contributed by atoms with E-state index in [0.29, 0.717) is 11.3 Å². The predicted octanol–water partition coefficient (Wildman–Crippen LogP) is 1.59. The first-order valence-corrected chi connectivity index (χ1v) is 5.62. The third-order valence-electron chi connectivity index (χ3n) is 2.83. The van der Waals surface area contributed by atoms with Crippen molar-refractivity contribution >= 4 is 11.7 Å². The van der Waals surface area contributed by atoms with Gasteiger partial charge in [0.15, 0.2) is 5.69 Å². The zero-order valence-corrected chi connectivity index (χ0v) is 10.6. The van der Waals surface area contributed by atoms with Crippen molar-refractivity contribution in [2.75, 3.05) is 12.8 Å². The molecule has 0 aliphatic carbocycles. The van der Waals surface area contributed by atoms with Crippen LogP contribution in [0.4, 0.5) is 5.69 Å². The number of nitrogen functional groups attached to an aromatic ring is 1. The van der Waals surface area contributed by atoms with E-state index in [1.54, 1.807) is 24.3 Å². The molecule has 1 aromatic heterocycles. The summed E-state index contributed by atoms with van der Waals surface area (Å²) in [7, 11) is 1.22. The zero-order valence-electron chi connectivity index (χ0n) is 10.6. The number of anilines is 1. The Hall–Kier alpha value is -3.25. The summed E-state index contributed by atoms with van der Waals surface area (Å²) >= 11 is 0. The minimum atomic E-state index is -0.670. The van der Waals surface area contributed by atoms with Crippen molar-refractivity contribution in [2.45, 2.75) is 0 Å². The van der Waals surface area contributed by atoms with Crippen LogP contribution in [0, 0.1) is 22.7 Å². The van der Waals surface area contributed by atoms with Crippen molar-refractivity contribution in [3.8, 4) is 17.8 Å². The quantitative estimate of drug-likeness (QED) is 0.831. The molecule has 2 rings (SSSR count). The van der Waals surface area contributed by atoms with E-state index in [4.69, 9.17) is 16.3 Å². The molecule has 6 heteroatoms. The molecule has 0 saturated heterocycles. The maximum Gasteiger partial charge on any atom is 0.357 e. The van der Waals surface area contributed by atoms with Crippen molar-refractivity contribution in [2.24, 2.45) is 0 Å². The molecule has 0 bridgehead atoms. The first-order chi connectivity index (χ1) is 9.63. The van der Waals surface area contributed by atoms with Crippen LogP contribution in [-0.4, -0.2) is 17.6 Å². The van der Waals surface area contributed by atoms with Gasteiger partial charge in [0, 0.05) is 6.20 Å². The lowest BCUT2D eigenvalue weighted by Gasteiger charge is -2.09. The summed E-state index contributed by atoms with van der Waals surface area (Å²) in [6, 6.07) is 10.6. The Bertz CT molecular complexity index is 762. The van der Waals surface area contributed by atoms with Crippen LogP contribution in [0.3, 0.4) is 0 Å². The van der Waals surface area contributed by atoms with E-state index in [1.165, 1.54) is 17.9 Å². The van der Waals surface area contributed by atoms with Crippen LogP contribution in [0.25, 0.3) is 5.69 Å². The molecule has 98 valence electrons. The van der Waals surface area contributed by atoms with Gasteiger partial charge < -0.3 is 15.0 Å². The second-order valence-corrected chi connectivity index (χ2v) is 3.91. The number of para-hydroxylation sites is 1. The zero-order chi connectivity index (χ0) is 14.7. The molecule has 0 unspecified atom stereocenters. The number of nitrogens with zero attached hydrogens (tertiary/aromatic N) is 3. The van der Waals surface area contributed by atoms with E-state index in [0.717, 1.165) is 0 Å². The SMILES string of the molecule is COC(=O)c1c(N)c(C#N)cn1-c1ccccc1C#N. The van der Waals surface area contributed by atoms with Gasteiger partial charge in [0.05, 0.1) is 29.6 Å². The summed E-state index contributed by atoms with van der Waals surface area (Å²) in [5, 5.41) is 18.1. The minimum absolute atomic E-state index is 0.0340. The molecule has 0 atom stereocenters. The Morgan fingerprint density at radius 2 is 1.90 bits per heavy atom. The summed E-state index contributed by atoms with van der Waals surface area (Å²) in [5.74, 6) is -0.670. The number of benzene rings is 1. The molecule has 0 radical (unpaired) electrons. The number of nitriles is 2. The van der Waals surface area contributed by atoms with Gasteiger partial charge in [-0.3, -0.25) is 0 Å². The number of methoxy groups -OCH3 is 1. The first kappa shape index (κ1) is 13.2. The molecule has 0 saturated carbocycles. The largest absolute Gasteiger partial charge is 0.464 e. The van der Waals surface area contributed by atoms with Crippen LogP contribution >= 0.6 is 0 Å². The van der Waals surface area contributed by atoms with E-state index in [-0.39, 0.29) is 16.9 Å². The summed E-state index contributed by atoms with van der Waals surface area (Å²) < 4.78 is 6.08. The van der Waals surface area contributed by atoms with Crippen molar-refractivity contribution in [1.29, 1.82) is 10.5 Å². The lowest BCUT2D eigenvalue weighted by atomic mass is 10.2. The third kappa shape index (κ3) is 1.96. The molecule has 1 heterocycles. The van der Waals surface area contributed by atoms with Gasteiger partial charge in [0.25, 0.3) is 0 Å². The lowest BCUT2D eigenvalue weighted by Crippen LogP contribution is -2.11. The van der Waals surface area contributed by atoms with Gasteiger partial charge >= 0.3 is 5.97 Å². The molecule has 0 aliphatic rings. The highest BCUT2D eigenvalue weighted by molar-refractivity contribution is 5.96. The van der Waals surface area contributed by atoms with Crippen LogP contribution in [0.1, 0.15) is 21.6 Å². The number of carbonyl (C=O) groups excluding carboxylic acids is 1. The first-order valence-electron chi connectivity index (χ1n) is 5.62. The number of rotatable bonds is 2. The number of esters is 1. The van der Waals surface area contributed by atoms with E-state index in [9.17, 15) is 4.79 Å². The molecule has 6 nitrogen and oxygen atoms in total. The van der Waals surface area contributed by atoms with Crippen LogP contribution in [0.15, 0.2) is 30.5 Å². The van der Waals surface area contributed by atoms with E-state index in [1.807, 2.05) is 12.1 Å². The number of ether oxygens (including phenoxy) is 1. The Morgan fingerprint density at radius 1 is 1.25 bits per heavy atom. The van der Waals surface area contributed by atoms with Crippen LogP contribution < -0.4 is 5.73 Å². The molecule has 2 aromatic rings. The molecular formula is C14H10N4O2. The Kier molecular flexibility index (Phi) is 3.41. The van der Waals surface area contributed by atoms with Gasteiger partial charge in [-0.1, -0.05) is 12.1 Å². The van der Waals surface area contributed by atoms with Crippen molar-refractivity contribution in [1.82, 2.24) is 4.57 Å². The lowest BCUT2D eigenvalue weighted by molar-refractivity contribution is 0.0593. The van der Waals surface area contributed by atoms with Gasteiger partial charge in [-0.15, -0.1) is 0 Å². The summed E-state index contributed by atoms with van der Waals surface area (Å²) in [6.07, 6.45) is 1.41. The summed E-state index contributed by atoms with van der Waals surface area (Å²) in [6.45, 7) is 0. The molecule has 0 aliphatic heterocycles. The highest BCUT2D eigenvalue weighted by Crippen LogP contribution is 2.26. The van der Waals surface area contributed by atoms with Crippen molar-refractivity contribution in [3.05, 3.63) is 47.3 Å². The number of hydrogen-bond donors (Lipinski definition) is 1. The highest BCUT2D eigenvalue weighted by atomic mass is 16.5. The summed E-state index contributed by atoms with van der Waals surface area (Å²) in [4.78, 5) is 11.8. The smallest absolute Gasteiger partial charge is 0.357 e. The molecule has 0 fully saturated rings. The second-order valence-electron chi connectivity index (χ2n) is 3.91. The minimum Gasteiger partial charge on any atom is -0.464 e. The molecule has 2 N–H and O–H groups in total. The van der Waals surface area contributed by atoms with Crippen LogP contribution in [0.5, 0.6) is 0 Å². The Morgan fingerprint density at radius 3 is 2.50 bits per heavy atom. The Labute approximate surface area is 115 Å². The van der Waals surface area contributed by atoms with Crippen LogP contribution in [0.2, 0.25) is 0 Å². The van der Waals surface area contributed by atoms with Gasteiger partial charge in [0.1, 0.15) is 12.1 Å². The van der Waals surface area contributed by atoms with E-state index < -0.39 is 5.97 Å². The van der Waals surface area contributed by atoms with E-state index in [2.05, 4.69) is 4.74 Å². The maximum absolute atomic E-state index is 11.8. The third-order valence-corrected chi connectivity index (χ3v) is 2.83. The fraction of sp³-hybridized carbons (Fsp3) is 0.0714. The molecule has 0 spiro atoms. The maximum atomic E-state index is 11.8. The number of carbonyl (C=O) groups is 1. The van der Waals surface area contributed by atoms with Crippen molar-refractivity contribution in [3.63, 3.8) is 0 Å². The summed E-state index contributed by atoms with van der Waals surface area (Å²) in [5.41, 5.74) is 6.83. The van der Waals surface area contributed by atoms with E-state index >= 15 is 0 Å². The van der Waals surface area contributed by atoms with Gasteiger partial charge in [-0.25, -0.2) is 4.79 Å². The molecular weight excluding hydrogens is 256 g/mol. The Balaban J connectivity index is 2.78. The topological polar surface area (TPSA) is 105 Å². The fourth-order valence-corrected chi connectivity index (χ4v) is 1.88. The van der Waals surface area contributed by atoms with Gasteiger partial charge in [0.2, 0.25) is 0 Å². The van der Waals surface area contributed by atoms with Gasteiger partial charge in [-0.2, -0.15) is 10.5 Å². The van der Waals surface area contributed by atoms with Crippen LogP contribution in [-0.2, 0) is 4.74 Å². The monoisotopic (exact) mass is 266 g/mol.